The van der Waals surface area contributed by atoms with E-state index >= 15 is 0 Å². The highest BCUT2D eigenvalue weighted by atomic mass is 32.2. The van der Waals surface area contributed by atoms with Gasteiger partial charge in [0.1, 0.15) is 0 Å². The van der Waals surface area contributed by atoms with Gasteiger partial charge in [-0.2, -0.15) is 0 Å². The van der Waals surface area contributed by atoms with E-state index in [4.69, 9.17) is 12.2 Å². The normalized spacial score (nSPS) is 13.1. The first-order valence-electron chi connectivity index (χ1n) is 4.94. The van der Waals surface area contributed by atoms with E-state index in [1.807, 2.05) is 0 Å². The zero-order valence-electron chi connectivity index (χ0n) is 9.18. The lowest BCUT2D eigenvalue weighted by Gasteiger charge is -2.10. The summed E-state index contributed by atoms with van der Waals surface area (Å²) < 4.78 is 22.5. The van der Waals surface area contributed by atoms with Gasteiger partial charge in [-0.1, -0.05) is 12.1 Å². The van der Waals surface area contributed by atoms with Crippen LogP contribution in [-0.2, 0) is 9.84 Å². The molecule has 0 saturated heterocycles. The smallest absolute Gasteiger partial charge is 0.175 e. The quantitative estimate of drug-likeness (QED) is 0.807. The lowest BCUT2D eigenvalue weighted by atomic mass is 10.0. The van der Waals surface area contributed by atoms with Gasteiger partial charge >= 0.3 is 0 Å². The molecule has 3 nitrogen and oxygen atoms in total. The zero-order valence-corrected chi connectivity index (χ0v) is 10.00. The Kier molecular flexibility index (Phi) is 4.11. The van der Waals surface area contributed by atoms with Crippen LogP contribution in [0.25, 0.3) is 0 Å². The lowest BCUT2D eigenvalue weighted by Crippen LogP contribution is -2.10. The second-order valence-electron chi connectivity index (χ2n) is 3.69. The van der Waals surface area contributed by atoms with Crippen LogP contribution in [0.1, 0.15) is 24.4 Å². The van der Waals surface area contributed by atoms with Gasteiger partial charge in [-0.05, 0) is 24.1 Å². The second kappa shape index (κ2) is 5.15. The van der Waals surface area contributed by atoms with E-state index < -0.39 is 9.84 Å². The Labute approximate surface area is 96.6 Å². The molecule has 0 spiro atoms. The molecular weight excluding hydrogens is 222 g/mol. The fourth-order valence-corrected chi connectivity index (χ4v) is 2.00. The molecule has 1 rings (SSSR count). The minimum atomic E-state index is -3.14. The Morgan fingerprint density at radius 1 is 1.38 bits per heavy atom. The first-order chi connectivity index (χ1) is 7.45. The number of benzene rings is 1. The van der Waals surface area contributed by atoms with Gasteiger partial charge in [-0.15, -0.1) is 12.3 Å². The van der Waals surface area contributed by atoms with Crippen LogP contribution >= 0.6 is 0 Å². The summed E-state index contributed by atoms with van der Waals surface area (Å²) in [6, 6.07) is 6.47. The fraction of sp³-hybridized carbons (Fsp3) is 0.333. The Morgan fingerprint density at radius 3 is 2.38 bits per heavy atom. The molecule has 16 heavy (non-hydrogen) atoms. The summed E-state index contributed by atoms with van der Waals surface area (Å²) in [5.74, 6) is 2.53. The Bertz CT molecular complexity index is 483. The molecule has 4 heteroatoms. The number of terminal acetylenes is 1. The van der Waals surface area contributed by atoms with Crippen molar-refractivity contribution < 1.29 is 8.42 Å². The molecule has 86 valence electrons. The zero-order chi connectivity index (χ0) is 12.2. The maximum atomic E-state index is 11.2. The summed E-state index contributed by atoms with van der Waals surface area (Å²) in [7, 11) is -3.14. The predicted molar refractivity (Wildman–Crippen MR) is 64.5 cm³/mol. The van der Waals surface area contributed by atoms with Crippen molar-refractivity contribution >= 4 is 9.84 Å². The van der Waals surface area contributed by atoms with E-state index in [1.54, 1.807) is 24.3 Å². The van der Waals surface area contributed by atoms with Crippen molar-refractivity contribution in [2.75, 3.05) is 6.26 Å². The third kappa shape index (κ3) is 3.37. The average Bonchev–Trinajstić information content (AvgIpc) is 2.25. The van der Waals surface area contributed by atoms with Crippen LogP contribution in [0.15, 0.2) is 29.2 Å². The number of sulfone groups is 1. The van der Waals surface area contributed by atoms with E-state index in [2.05, 4.69) is 5.92 Å². The molecule has 2 N–H and O–H groups in total. The first kappa shape index (κ1) is 12.8. The highest BCUT2D eigenvalue weighted by Crippen LogP contribution is 2.18. The van der Waals surface area contributed by atoms with Crippen LogP contribution in [0.4, 0.5) is 0 Å². The number of nitrogens with two attached hydrogens (primary N) is 1. The predicted octanol–water partition coefficient (Wildman–Crippen LogP) is 1.50. The van der Waals surface area contributed by atoms with Gasteiger partial charge in [0.2, 0.25) is 0 Å². The van der Waals surface area contributed by atoms with Gasteiger partial charge in [0.05, 0.1) is 4.90 Å². The van der Waals surface area contributed by atoms with Gasteiger partial charge in [0, 0.05) is 18.7 Å². The molecule has 1 aromatic carbocycles. The highest BCUT2D eigenvalue weighted by molar-refractivity contribution is 7.90. The minimum Gasteiger partial charge on any atom is -0.324 e. The molecule has 1 unspecified atom stereocenters. The van der Waals surface area contributed by atoms with E-state index in [1.165, 1.54) is 6.26 Å². The van der Waals surface area contributed by atoms with Crippen molar-refractivity contribution in [3.05, 3.63) is 29.8 Å². The summed E-state index contributed by atoms with van der Waals surface area (Å²) in [6.07, 6.45) is 7.66. The van der Waals surface area contributed by atoms with Gasteiger partial charge in [-0.3, -0.25) is 0 Å². The third-order valence-electron chi connectivity index (χ3n) is 2.34. The third-order valence-corrected chi connectivity index (χ3v) is 3.46. The average molecular weight is 237 g/mol. The summed E-state index contributed by atoms with van der Waals surface area (Å²) in [5.41, 5.74) is 6.80. The van der Waals surface area contributed by atoms with E-state index in [0.29, 0.717) is 17.7 Å². The molecule has 0 heterocycles. The maximum absolute atomic E-state index is 11.2. The van der Waals surface area contributed by atoms with Crippen molar-refractivity contribution in [1.29, 1.82) is 0 Å². The summed E-state index contributed by atoms with van der Waals surface area (Å²) in [4.78, 5) is 0.306. The van der Waals surface area contributed by atoms with Crippen molar-refractivity contribution in [1.82, 2.24) is 0 Å². The van der Waals surface area contributed by atoms with Gasteiger partial charge < -0.3 is 5.73 Å². The van der Waals surface area contributed by atoms with Gasteiger partial charge in [0.15, 0.2) is 9.84 Å². The highest BCUT2D eigenvalue weighted by Gasteiger charge is 2.09. The molecule has 1 atom stereocenters. The van der Waals surface area contributed by atoms with Crippen molar-refractivity contribution in [2.45, 2.75) is 23.8 Å². The summed E-state index contributed by atoms with van der Waals surface area (Å²) in [6.45, 7) is 0. The Balaban J connectivity index is 2.84. The second-order valence-corrected chi connectivity index (χ2v) is 5.71. The molecular formula is C12H15NO2S. The maximum Gasteiger partial charge on any atom is 0.175 e. The lowest BCUT2D eigenvalue weighted by molar-refractivity contribution is 0.601. The molecule has 0 aliphatic rings. The molecule has 1 aromatic rings. The largest absolute Gasteiger partial charge is 0.324 e. The Hall–Kier alpha value is -1.31. The number of rotatable bonds is 4. The Morgan fingerprint density at radius 2 is 1.94 bits per heavy atom. The van der Waals surface area contributed by atoms with Crippen LogP contribution in [0.2, 0.25) is 0 Å². The summed E-state index contributed by atoms with van der Waals surface area (Å²) in [5, 5.41) is 0. The van der Waals surface area contributed by atoms with Crippen LogP contribution in [-0.4, -0.2) is 14.7 Å². The van der Waals surface area contributed by atoms with Crippen LogP contribution < -0.4 is 5.73 Å². The van der Waals surface area contributed by atoms with Crippen LogP contribution in [0.3, 0.4) is 0 Å². The van der Waals surface area contributed by atoms with Crippen molar-refractivity contribution in [3.8, 4) is 12.3 Å². The number of hydrogen-bond donors (Lipinski definition) is 1. The van der Waals surface area contributed by atoms with E-state index in [0.717, 1.165) is 5.56 Å². The molecule has 0 fully saturated rings. The van der Waals surface area contributed by atoms with Crippen molar-refractivity contribution in [2.24, 2.45) is 5.73 Å². The van der Waals surface area contributed by atoms with E-state index in [-0.39, 0.29) is 6.04 Å². The molecule has 0 radical (unpaired) electrons. The standard InChI is InChI=1S/C12H15NO2S/c1-3-4-5-12(13)10-6-8-11(9-7-10)16(2,14)15/h1,6-9,12H,4-5,13H2,2H3. The van der Waals surface area contributed by atoms with Gasteiger partial charge in [-0.25, -0.2) is 8.42 Å². The minimum absolute atomic E-state index is 0.135. The molecule has 0 amide bonds. The van der Waals surface area contributed by atoms with Crippen LogP contribution in [0, 0.1) is 12.3 Å². The SMILES string of the molecule is C#CCCC(N)c1ccc(S(C)(=O)=O)cc1. The molecule has 0 aliphatic carbocycles. The molecule has 0 saturated carbocycles. The molecule has 0 bridgehead atoms. The monoisotopic (exact) mass is 237 g/mol. The first-order valence-corrected chi connectivity index (χ1v) is 6.83. The number of hydrogen-bond acceptors (Lipinski definition) is 3. The fourth-order valence-electron chi connectivity index (χ4n) is 1.37. The topological polar surface area (TPSA) is 60.2 Å². The van der Waals surface area contributed by atoms with E-state index in [9.17, 15) is 8.42 Å². The summed E-state index contributed by atoms with van der Waals surface area (Å²) >= 11 is 0. The van der Waals surface area contributed by atoms with Crippen molar-refractivity contribution in [3.63, 3.8) is 0 Å². The van der Waals surface area contributed by atoms with Gasteiger partial charge in [0.25, 0.3) is 0 Å². The molecule has 0 aromatic heterocycles. The molecule has 0 aliphatic heterocycles. The van der Waals surface area contributed by atoms with Crippen LogP contribution in [0.5, 0.6) is 0 Å².